The fourth-order valence-corrected chi connectivity index (χ4v) is 5.38. The molecule has 27 heavy (non-hydrogen) atoms. The van der Waals surface area contributed by atoms with Gasteiger partial charge in [0.1, 0.15) is 0 Å². The summed E-state index contributed by atoms with van der Waals surface area (Å²) < 4.78 is 26.0. The molecule has 1 aliphatic heterocycles. The zero-order valence-corrected chi connectivity index (χ0v) is 17.8. The summed E-state index contributed by atoms with van der Waals surface area (Å²) >= 11 is 7.13. The smallest absolute Gasteiger partial charge is 0.246 e. The first-order valence-electron chi connectivity index (χ1n) is 9.03. The first-order valence-corrected chi connectivity index (χ1v) is 12.0. The fraction of sp³-hybridized carbons (Fsp3) is 0.556. The summed E-state index contributed by atoms with van der Waals surface area (Å²) in [5.41, 5.74) is 0. The largest absolute Gasteiger partial charge is 0.343 e. The molecule has 2 amide bonds. The van der Waals surface area contributed by atoms with Crippen molar-refractivity contribution >= 4 is 45.2 Å². The number of sulfonamides is 1. The first kappa shape index (κ1) is 22.0. The highest BCUT2D eigenvalue weighted by Crippen LogP contribution is 2.21. The van der Waals surface area contributed by atoms with Crippen molar-refractivity contribution in [2.75, 3.05) is 31.1 Å². The van der Waals surface area contributed by atoms with Gasteiger partial charge >= 0.3 is 0 Å². The minimum Gasteiger partial charge on any atom is -0.343 e. The van der Waals surface area contributed by atoms with Crippen molar-refractivity contribution < 1.29 is 18.0 Å². The Morgan fingerprint density at radius 2 is 2.00 bits per heavy atom. The first-order chi connectivity index (χ1) is 12.8. The molecule has 1 aromatic carbocycles. The van der Waals surface area contributed by atoms with Crippen molar-refractivity contribution in [3.05, 3.63) is 29.3 Å². The number of likely N-dealkylation sites (tertiary alicyclic amines) is 1. The van der Waals surface area contributed by atoms with Gasteiger partial charge in [-0.15, -0.1) is 11.8 Å². The molecule has 0 bridgehead atoms. The average Bonchev–Trinajstić information content (AvgIpc) is 3.02. The Bertz CT molecular complexity index is 753. The van der Waals surface area contributed by atoms with E-state index in [-0.39, 0.29) is 24.0 Å². The van der Waals surface area contributed by atoms with E-state index in [9.17, 15) is 18.0 Å². The lowest BCUT2D eigenvalue weighted by atomic mass is 10.4. The molecule has 9 heteroatoms. The van der Waals surface area contributed by atoms with Crippen LogP contribution in [-0.4, -0.2) is 60.6 Å². The molecule has 2 rings (SSSR count). The maximum atomic E-state index is 12.6. The van der Waals surface area contributed by atoms with Crippen LogP contribution in [0.1, 0.15) is 32.6 Å². The number of rotatable bonds is 10. The van der Waals surface area contributed by atoms with Gasteiger partial charge in [0.2, 0.25) is 21.8 Å². The van der Waals surface area contributed by atoms with E-state index in [2.05, 4.69) is 0 Å². The highest BCUT2D eigenvalue weighted by molar-refractivity contribution is 8.00. The van der Waals surface area contributed by atoms with Crippen molar-refractivity contribution in [1.29, 1.82) is 0 Å². The van der Waals surface area contributed by atoms with E-state index in [1.54, 1.807) is 36.1 Å². The molecule has 0 aliphatic carbocycles. The number of nitrogens with zero attached hydrogens (tertiary/aromatic N) is 2. The summed E-state index contributed by atoms with van der Waals surface area (Å²) in [5, 5.41) is 0.606. The second-order valence-electron chi connectivity index (χ2n) is 6.36. The van der Waals surface area contributed by atoms with Crippen molar-refractivity contribution in [3.63, 3.8) is 0 Å². The Morgan fingerprint density at radius 3 is 2.59 bits per heavy atom. The number of hydrogen-bond donors (Lipinski definition) is 0. The third-order valence-electron chi connectivity index (χ3n) is 4.21. The topological polar surface area (TPSA) is 74.8 Å². The minimum atomic E-state index is -3.65. The predicted octanol–water partition coefficient (Wildman–Crippen LogP) is 3.01. The quantitative estimate of drug-likeness (QED) is 0.531. The summed E-state index contributed by atoms with van der Waals surface area (Å²) in [7, 11) is -3.65. The van der Waals surface area contributed by atoms with Gasteiger partial charge in [-0.3, -0.25) is 9.59 Å². The maximum absolute atomic E-state index is 12.6. The Morgan fingerprint density at radius 1 is 1.30 bits per heavy atom. The highest BCUT2D eigenvalue weighted by atomic mass is 35.5. The standard InChI is InChI=1S/C18H25ClN2O4S2/c1-2-13-27(24,25)21(12-4-11-20-10-3-5-17(20)22)18(23)14-26-16-8-6-15(19)7-9-16/h6-9H,2-5,10-14H2,1H3. The second kappa shape index (κ2) is 10.3. The molecule has 150 valence electrons. The van der Waals surface area contributed by atoms with Crippen LogP contribution in [0.3, 0.4) is 0 Å². The van der Waals surface area contributed by atoms with Crippen molar-refractivity contribution in [2.45, 2.75) is 37.5 Å². The molecule has 1 heterocycles. The summed E-state index contributed by atoms with van der Waals surface area (Å²) in [6, 6.07) is 7.05. The summed E-state index contributed by atoms with van der Waals surface area (Å²) in [6.07, 6.45) is 2.29. The number of thioether (sulfide) groups is 1. The van der Waals surface area contributed by atoms with Crippen molar-refractivity contribution in [3.8, 4) is 0 Å². The third kappa shape index (κ3) is 6.69. The van der Waals surface area contributed by atoms with Gasteiger partial charge < -0.3 is 4.90 Å². The van der Waals surface area contributed by atoms with Gasteiger partial charge in [0, 0.05) is 36.0 Å². The Hall–Kier alpha value is -1.25. The molecule has 0 N–H and O–H groups in total. The van der Waals surface area contributed by atoms with Crippen LogP contribution in [0.15, 0.2) is 29.2 Å². The molecule has 1 aromatic rings. The number of amides is 2. The molecule has 1 fully saturated rings. The van der Waals surface area contributed by atoms with Crippen LogP contribution in [0.25, 0.3) is 0 Å². The molecule has 0 aromatic heterocycles. The molecular weight excluding hydrogens is 408 g/mol. The Balaban J connectivity index is 1.96. The highest BCUT2D eigenvalue weighted by Gasteiger charge is 2.27. The molecule has 0 unspecified atom stereocenters. The van der Waals surface area contributed by atoms with Gasteiger partial charge in [-0.1, -0.05) is 18.5 Å². The molecule has 0 atom stereocenters. The van der Waals surface area contributed by atoms with Gasteiger partial charge in [0.05, 0.1) is 11.5 Å². The van der Waals surface area contributed by atoms with Gasteiger partial charge in [-0.25, -0.2) is 12.7 Å². The lowest BCUT2D eigenvalue weighted by Gasteiger charge is -2.24. The van der Waals surface area contributed by atoms with E-state index in [0.29, 0.717) is 37.4 Å². The van der Waals surface area contributed by atoms with Crippen LogP contribution in [0.2, 0.25) is 5.02 Å². The monoisotopic (exact) mass is 432 g/mol. The lowest BCUT2D eigenvalue weighted by molar-refractivity contribution is -0.127. The van der Waals surface area contributed by atoms with Crippen LogP contribution in [0.4, 0.5) is 0 Å². The molecule has 6 nitrogen and oxygen atoms in total. The molecule has 1 aliphatic rings. The SMILES string of the molecule is CCCS(=O)(=O)N(CCCN1CCCC1=O)C(=O)CSc1ccc(Cl)cc1. The van der Waals surface area contributed by atoms with E-state index in [1.165, 1.54) is 11.8 Å². The zero-order valence-electron chi connectivity index (χ0n) is 15.4. The van der Waals surface area contributed by atoms with Crippen LogP contribution in [0, 0.1) is 0 Å². The van der Waals surface area contributed by atoms with E-state index in [1.807, 2.05) is 0 Å². The average molecular weight is 433 g/mol. The molecule has 1 saturated heterocycles. The number of benzene rings is 1. The van der Waals surface area contributed by atoms with E-state index >= 15 is 0 Å². The van der Waals surface area contributed by atoms with Gasteiger partial charge in [0.15, 0.2) is 0 Å². The maximum Gasteiger partial charge on any atom is 0.246 e. The second-order valence-corrected chi connectivity index (χ2v) is 9.86. The number of carbonyl (C=O) groups excluding carboxylic acids is 2. The number of hydrogen-bond acceptors (Lipinski definition) is 5. The summed E-state index contributed by atoms with van der Waals surface area (Å²) in [6.45, 7) is 3.06. The van der Waals surface area contributed by atoms with Crippen LogP contribution in [0.5, 0.6) is 0 Å². The van der Waals surface area contributed by atoms with Crippen LogP contribution in [-0.2, 0) is 19.6 Å². The van der Waals surface area contributed by atoms with E-state index < -0.39 is 15.9 Å². The molecular formula is C18H25ClN2O4S2. The van der Waals surface area contributed by atoms with Crippen molar-refractivity contribution in [2.24, 2.45) is 0 Å². The normalized spacial score (nSPS) is 14.6. The van der Waals surface area contributed by atoms with Crippen LogP contribution < -0.4 is 0 Å². The van der Waals surface area contributed by atoms with Crippen LogP contribution >= 0.6 is 23.4 Å². The molecule has 0 spiro atoms. The van der Waals surface area contributed by atoms with Gasteiger partial charge in [-0.05, 0) is 43.5 Å². The van der Waals surface area contributed by atoms with E-state index in [4.69, 9.17) is 11.6 Å². The van der Waals surface area contributed by atoms with Gasteiger partial charge in [-0.2, -0.15) is 0 Å². The number of carbonyl (C=O) groups is 2. The number of halogens is 1. The van der Waals surface area contributed by atoms with E-state index in [0.717, 1.165) is 15.6 Å². The lowest BCUT2D eigenvalue weighted by Crippen LogP contribution is -2.41. The third-order valence-corrected chi connectivity index (χ3v) is 7.44. The molecule has 0 saturated carbocycles. The fourth-order valence-electron chi connectivity index (χ4n) is 2.88. The van der Waals surface area contributed by atoms with Gasteiger partial charge in [0.25, 0.3) is 0 Å². The summed E-state index contributed by atoms with van der Waals surface area (Å²) in [4.78, 5) is 26.9. The molecule has 0 radical (unpaired) electrons. The Labute approximate surface area is 170 Å². The summed E-state index contributed by atoms with van der Waals surface area (Å²) in [5.74, 6) is -0.362. The zero-order chi connectivity index (χ0) is 19.9. The minimum absolute atomic E-state index is 0.0349. The van der Waals surface area contributed by atoms with Crippen molar-refractivity contribution in [1.82, 2.24) is 9.21 Å². The predicted molar refractivity (Wildman–Crippen MR) is 108 cm³/mol. The Kier molecular flexibility index (Phi) is 8.44.